The maximum Gasteiger partial charge on any atom is 0.277 e. The number of carbonyl (C=O) groups is 2. The lowest BCUT2D eigenvalue weighted by Crippen LogP contribution is -3.14. The molecule has 5 nitrogen and oxygen atoms in total. The Bertz CT molecular complexity index is 594. The second-order valence-corrected chi connectivity index (χ2v) is 7.60. The molecule has 0 aromatic heterocycles. The van der Waals surface area contributed by atoms with Gasteiger partial charge in [0.05, 0.1) is 18.7 Å². The van der Waals surface area contributed by atoms with E-state index in [1.165, 1.54) is 4.90 Å². The summed E-state index contributed by atoms with van der Waals surface area (Å²) in [4.78, 5) is 27.9. The van der Waals surface area contributed by atoms with E-state index in [4.69, 9.17) is 0 Å². The van der Waals surface area contributed by atoms with Crippen molar-refractivity contribution >= 4 is 27.7 Å². The normalized spacial score (nSPS) is 24.0. The van der Waals surface area contributed by atoms with Crippen molar-refractivity contribution in [1.82, 2.24) is 10.2 Å². The first kappa shape index (κ1) is 17.4. The molecule has 3 rings (SSSR count). The third kappa shape index (κ3) is 4.36. The molecule has 0 aliphatic carbocycles. The summed E-state index contributed by atoms with van der Waals surface area (Å²) in [5.41, 5.74) is 0.677. The van der Waals surface area contributed by atoms with Crippen LogP contribution in [0.15, 0.2) is 28.7 Å². The number of nitrogens with one attached hydrogen (secondary N) is 2. The SMILES string of the molecule is O=C(NC1CC[NH+](CC(=O)N2CCCC2)CC1)c1ccccc1Br. The number of carbonyl (C=O) groups excluding carboxylic acids is 2. The molecular weight excluding hydrogens is 370 g/mol. The van der Waals surface area contributed by atoms with E-state index in [1.807, 2.05) is 29.2 Å². The van der Waals surface area contributed by atoms with Gasteiger partial charge in [-0.05, 0) is 40.9 Å². The molecule has 0 saturated carbocycles. The van der Waals surface area contributed by atoms with Crippen LogP contribution in [0, 0.1) is 0 Å². The van der Waals surface area contributed by atoms with E-state index < -0.39 is 0 Å². The fraction of sp³-hybridized carbons (Fsp3) is 0.556. The summed E-state index contributed by atoms with van der Waals surface area (Å²) in [6.07, 6.45) is 4.14. The lowest BCUT2D eigenvalue weighted by molar-refractivity contribution is -0.897. The van der Waals surface area contributed by atoms with Crippen molar-refractivity contribution < 1.29 is 14.5 Å². The average Bonchev–Trinajstić information content (AvgIpc) is 3.11. The monoisotopic (exact) mass is 394 g/mol. The fourth-order valence-electron chi connectivity index (χ4n) is 3.55. The second-order valence-electron chi connectivity index (χ2n) is 6.74. The van der Waals surface area contributed by atoms with Gasteiger partial charge >= 0.3 is 0 Å². The quantitative estimate of drug-likeness (QED) is 0.795. The van der Waals surface area contributed by atoms with Gasteiger partial charge in [0.15, 0.2) is 6.54 Å². The molecule has 2 fully saturated rings. The standard InChI is InChI=1S/C18H24BrN3O2/c19-16-6-2-1-5-15(16)18(24)20-14-7-11-21(12-8-14)13-17(23)22-9-3-4-10-22/h1-2,5-6,14H,3-4,7-13H2,(H,20,24)/p+1. The van der Waals surface area contributed by atoms with Crippen molar-refractivity contribution in [3.63, 3.8) is 0 Å². The van der Waals surface area contributed by atoms with Crippen LogP contribution >= 0.6 is 15.9 Å². The number of amides is 2. The van der Waals surface area contributed by atoms with Gasteiger partial charge in [0, 0.05) is 36.4 Å². The number of hydrogen-bond donors (Lipinski definition) is 2. The van der Waals surface area contributed by atoms with Gasteiger partial charge in [0.25, 0.3) is 11.8 Å². The maximum atomic E-state index is 12.4. The van der Waals surface area contributed by atoms with Gasteiger partial charge in [0.2, 0.25) is 0 Å². The zero-order valence-corrected chi connectivity index (χ0v) is 15.5. The Balaban J connectivity index is 1.44. The minimum atomic E-state index is -0.0240. The lowest BCUT2D eigenvalue weighted by Gasteiger charge is -2.30. The summed E-state index contributed by atoms with van der Waals surface area (Å²) in [7, 11) is 0. The summed E-state index contributed by atoms with van der Waals surface area (Å²) in [6.45, 7) is 4.35. The van der Waals surface area contributed by atoms with Crippen LogP contribution in [0.1, 0.15) is 36.0 Å². The van der Waals surface area contributed by atoms with E-state index in [0.717, 1.165) is 56.3 Å². The van der Waals surface area contributed by atoms with Gasteiger partial charge in [-0.25, -0.2) is 0 Å². The summed E-state index contributed by atoms with van der Waals surface area (Å²) in [6, 6.07) is 7.69. The van der Waals surface area contributed by atoms with Crippen molar-refractivity contribution in [3.8, 4) is 0 Å². The first-order valence-electron chi connectivity index (χ1n) is 8.80. The molecule has 6 heteroatoms. The van der Waals surface area contributed by atoms with Gasteiger partial charge in [-0.2, -0.15) is 0 Å². The molecule has 2 aliphatic heterocycles. The van der Waals surface area contributed by atoms with Crippen LogP contribution < -0.4 is 10.2 Å². The van der Waals surface area contributed by atoms with E-state index in [0.29, 0.717) is 18.0 Å². The molecule has 24 heavy (non-hydrogen) atoms. The van der Waals surface area contributed by atoms with Crippen molar-refractivity contribution in [2.24, 2.45) is 0 Å². The minimum Gasteiger partial charge on any atom is -0.349 e. The van der Waals surface area contributed by atoms with E-state index in [9.17, 15) is 9.59 Å². The van der Waals surface area contributed by atoms with Gasteiger partial charge < -0.3 is 15.1 Å². The van der Waals surface area contributed by atoms with Crippen molar-refractivity contribution in [2.45, 2.75) is 31.7 Å². The van der Waals surface area contributed by atoms with Crippen LogP contribution in [0.5, 0.6) is 0 Å². The Morgan fingerprint density at radius 1 is 1.17 bits per heavy atom. The van der Waals surface area contributed by atoms with Crippen LogP contribution in [-0.2, 0) is 4.79 Å². The molecule has 0 radical (unpaired) electrons. The number of rotatable bonds is 4. The molecule has 0 atom stereocenters. The molecule has 0 bridgehead atoms. The van der Waals surface area contributed by atoms with Crippen LogP contribution in [-0.4, -0.2) is 55.5 Å². The van der Waals surface area contributed by atoms with Crippen LogP contribution in [0.25, 0.3) is 0 Å². The molecule has 1 aromatic rings. The van der Waals surface area contributed by atoms with E-state index in [2.05, 4.69) is 21.2 Å². The van der Waals surface area contributed by atoms with E-state index >= 15 is 0 Å². The summed E-state index contributed by atoms with van der Waals surface area (Å²) >= 11 is 3.42. The molecule has 2 saturated heterocycles. The molecule has 1 aromatic carbocycles. The zero-order valence-electron chi connectivity index (χ0n) is 13.9. The summed E-state index contributed by atoms with van der Waals surface area (Å²) in [5.74, 6) is 0.266. The second kappa shape index (κ2) is 8.12. The third-order valence-corrected chi connectivity index (χ3v) is 5.70. The minimum absolute atomic E-state index is 0.0240. The van der Waals surface area contributed by atoms with E-state index in [-0.39, 0.29) is 11.9 Å². The maximum absolute atomic E-state index is 12.4. The smallest absolute Gasteiger partial charge is 0.277 e. The molecule has 2 heterocycles. The van der Waals surface area contributed by atoms with Crippen LogP contribution in [0.4, 0.5) is 0 Å². The largest absolute Gasteiger partial charge is 0.349 e. The Morgan fingerprint density at radius 2 is 1.83 bits per heavy atom. The molecule has 0 unspecified atom stereocenters. The Morgan fingerprint density at radius 3 is 2.50 bits per heavy atom. The number of piperidine rings is 1. The fourth-order valence-corrected chi connectivity index (χ4v) is 4.01. The Kier molecular flexibility index (Phi) is 5.89. The number of benzene rings is 1. The van der Waals surface area contributed by atoms with Gasteiger partial charge in [0.1, 0.15) is 0 Å². The predicted molar refractivity (Wildman–Crippen MR) is 96.0 cm³/mol. The average molecular weight is 395 g/mol. The molecule has 2 aliphatic rings. The first-order valence-corrected chi connectivity index (χ1v) is 9.59. The zero-order chi connectivity index (χ0) is 16.9. The number of halogens is 1. The molecular formula is C18H25BrN3O2+. The van der Waals surface area contributed by atoms with Gasteiger partial charge in [-0.15, -0.1) is 0 Å². The van der Waals surface area contributed by atoms with Crippen LogP contribution in [0.3, 0.4) is 0 Å². The Hall–Kier alpha value is -1.40. The molecule has 130 valence electrons. The van der Waals surface area contributed by atoms with Crippen molar-refractivity contribution in [2.75, 3.05) is 32.7 Å². The summed E-state index contributed by atoms with van der Waals surface area (Å²) in [5, 5.41) is 3.13. The molecule has 2 amide bonds. The predicted octanol–water partition coefficient (Wildman–Crippen LogP) is 0.849. The highest BCUT2D eigenvalue weighted by Gasteiger charge is 2.28. The topological polar surface area (TPSA) is 53.9 Å². The number of hydrogen-bond acceptors (Lipinski definition) is 2. The van der Waals surface area contributed by atoms with Crippen LogP contribution in [0.2, 0.25) is 0 Å². The number of nitrogens with zero attached hydrogens (tertiary/aromatic N) is 1. The number of likely N-dealkylation sites (tertiary alicyclic amines) is 2. The van der Waals surface area contributed by atoms with E-state index in [1.54, 1.807) is 0 Å². The van der Waals surface area contributed by atoms with Gasteiger partial charge in [-0.1, -0.05) is 12.1 Å². The highest BCUT2D eigenvalue weighted by molar-refractivity contribution is 9.10. The third-order valence-electron chi connectivity index (χ3n) is 5.01. The summed E-state index contributed by atoms with van der Waals surface area (Å²) < 4.78 is 0.821. The highest BCUT2D eigenvalue weighted by Crippen LogP contribution is 2.16. The molecule has 0 spiro atoms. The Labute approximate surface area is 151 Å². The van der Waals surface area contributed by atoms with Crippen molar-refractivity contribution in [3.05, 3.63) is 34.3 Å². The lowest BCUT2D eigenvalue weighted by atomic mass is 10.0. The highest BCUT2D eigenvalue weighted by atomic mass is 79.9. The molecule has 2 N–H and O–H groups in total. The van der Waals surface area contributed by atoms with Gasteiger partial charge in [-0.3, -0.25) is 9.59 Å². The number of quaternary nitrogens is 1. The van der Waals surface area contributed by atoms with Crippen molar-refractivity contribution in [1.29, 1.82) is 0 Å². The first-order chi connectivity index (χ1) is 11.6.